The lowest BCUT2D eigenvalue weighted by molar-refractivity contribution is 0.0303. The van der Waals surface area contributed by atoms with E-state index in [9.17, 15) is 9.59 Å². The molecule has 6 rings (SSSR count). The van der Waals surface area contributed by atoms with E-state index in [1.54, 1.807) is 12.3 Å². The second kappa shape index (κ2) is 11.7. The zero-order valence-corrected chi connectivity index (χ0v) is 24.5. The number of rotatable bonds is 6. The van der Waals surface area contributed by atoms with Crippen LogP contribution >= 0.6 is 0 Å². The number of ether oxygens (including phenoxy) is 1. The van der Waals surface area contributed by atoms with E-state index in [0.29, 0.717) is 54.6 Å². The van der Waals surface area contributed by atoms with E-state index in [4.69, 9.17) is 9.72 Å². The number of nitrogens with one attached hydrogen (secondary N) is 2. The van der Waals surface area contributed by atoms with Crippen molar-refractivity contribution in [2.24, 2.45) is 0 Å². The number of benzene rings is 3. The molecule has 2 amide bonds. The van der Waals surface area contributed by atoms with E-state index >= 15 is 0 Å². The van der Waals surface area contributed by atoms with Gasteiger partial charge in [0.15, 0.2) is 11.5 Å². The number of hydrogen-bond donors (Lipinski definition) is 2. The number of aromatic nitrogens is 3. The molecule has 1 aliphatic rings. The third-order valence-corrected chi connectivity index (χ3v) is 7.50. The van der Waals surface area contributed by atoms with Crippen LogP contribution in [0.1, 0.15) is 47.1 Å². The molecule has 1 saturated heterocycles. The molecule has 0 saturated carbocycles. The first-order chi connectivity index (χ1) is 20.7. The Kier molecular flexibility index (Phi) is 7.65. The van der Waals surface area contributed by atoms with Gasteiger partial charge in [-0.3, -0.25) is 9.59 Å². The average molecular weight is 575 g/mol. The summed E-state index contributed by atoms with van der Waals surface area (Å²) < 4.78 is 7.25. The standard InChI is InChI=1S/C34H34N6O3/c1-34(2,3)26-9-13-28(14-10-26)37-32(41)25-6-4-5-24(21-25)29-22-40-16-15-35-31(40)30(38-29)36-27-11-7-23(8-12-27)33(42)39-17-19-43-20-18-39/h4-16,21-22H,17-20H2,1-3H3,(H,36,38)(H,37,41). The molecule has 5 aromatic rings. The minimum atomic E-state index is -0.195. The van der Waals surface area contributed by atoms with Crippen LogP contribution in [0.15, 0.2) is 91.4 Å². The van der Waals surface area contributed by atoms with E-state index < -0.39 is 0 Å². The molecule has 3 aromatic carbocycles. The Morgan fingerprint density at radius 2 is 1.60 bits per heavy atom. The van der Waals surface area contributed by atoms with E-state index in [2.05, 4.69) is 36.4 Å². The van der Waals surface area contributed by atoms with E-state index in [0.717, 1.165) is 16.9 Å². The van der Waals surface area contributed by atoms with Crippen LogP contribution in [0.3, 0.4) is 0 Å². The van der Waals surface area contributed by atoms with Crippen LogP contribution < -0.4 is 10.6 Å². The van der Waals surface area contributed by atoms with Gasteiger partial charge in [-0.25, -0.2) is 9.97 Å². The number of fused-ring (bicyclic) bond motifs is 1. The van der Waals surface area contributed by atoms with Gasteiger partial charge in [0.25, 0.3) is 11.8 Å². The van der Waals surface area contributed by atoms with E-state index in [-0.39, 0.29) is 17.2 Å². The van der Waals surface area contributed by atoms with Crippen molar-refractivity contribution in [2.75, 3.05) is 36.9 Å². The van der Waals surface area contributed by atoms with Gasteiger partial charge in [-0.05, 0) is 59.5 Å². The molecule has 9 nitrogen and oxygen atoms in total. The minimum absolute atomic E-state index is 0.00328. The zero-order chi connectivity index (χ0) is 30.0. The number of nitrogens with zero attached hydrogens (tertiary/aromatic N) is 4. The molecule has 1 fully saturated rings. The summed E-state index contributed by atoms with van der Waals surface area (Å²) >= 11 is 0. The third-order valence-electron chi connectivity index (χ3n) is 7.50. The molecule has 0 unspecified atom stereocenters. The summed E-state index contributed by atoms with van der Waals surface area (Å²) in [6.45, 7) is 8.80. The molecule has 0 atom stereocenters. The van der Waals surface area contributed by atoms with Crippen LogP contribution in [0.2, 0.25) is 0 Å². The highest BCUT2D eigenvalue weighted by Crippen LogP contribution is 2.27. The maximum atomic E-state index is 13.1. The van der Waals surface area contributed by atoms with E-state index in [1.165, 1.54) is 5.56 Å². The fraction of sp³-hybridized carbons (Fsp3) is 0.235. The van der Waals surface area contributed by atoms with Gasteiger partial charge in [-0.2, -0.15) is 0 Å². The Hall–Kier alpha value is -5.02. The highest BCUT2D eigenvalue weighted by atomic mass is 16.5. The molecule has 0 spiro atoms. The minimum Gasteiger partial charge on any atom is -0.378 e. The molecular weight excluding hydrogens is 540 g/mol. The molecular formula is C34H34N6O3. The molecule has 2 N–H and O–H groups in total. The second-order valence-electron chi connectivity index (χ2n) is 11.6. The summed E-state index contributed by atoms with van der Waals surface area (Å²) in [7, 11) is 0. The van der Waals surface area contributed by atoms with Crippen LogP contribution in [-0.4, -0.2) is 57.4 Å². The highest BCUT2D eigenvalue weighted by molar-refractivity contribution is 6.05. The summed E-state index contributed by atoms with van der Waals surface area (Å²) in [6.07, 6.45) is 5.46. The zero-order valence-electron chi connectivity index (χ0n) is 24.5. The maximum absolute atomic E-state index is 13.1. The molecule has 2 aromatic heterocycles. The summed E-state index contributed by atoms with van der Waals surface area (Å²) in [6, 6.07) is 22.7. The molecule has 218 valence electrons. The van der Waals surface area contributed by atoms with Crippen LogP contribution in [-0.2, 0) is 10.2 Å². The molecule has 0 aliphatic carbocycles. The van der Waals surface area contributed by atoms with Crippen molar-refractivity contribution >= 4 is 34.7 Å². The molecule has 3 heterocycles. The Morgan fingerprint density at radius 3 is 2.33 bits per heavy atom. The van der Waals surface area contributed by atoms with Crippen molar-refractivity contribution in [1.82, 2.24) is 19.3 Å². The van der Waals surface area contributed by atoms with Gasteiger partial charge in [-0.15, -0.1) is 0 Å². The fourth-order valence-corrected chi connectivity index (χ4v) is 5.01. The van der Waals surface area contributed by atoms with Crippen LogP contribution in [0.5, 0.6) is 0 Å². The fourth-order valence-electron chi connectivity index (χ4n) is 5.01. The first kappa shape index (κ1) is 28.1. The molecule has 0 bridgehead atoms. The smallest absolute Gasteiger partial charge is 0.255 e. The van der Waals surface area contributed by atoms with Gasteiger partial charge in [0.2, 0.25) is 0 Å². The number of anilines is 3. The number of carbonyl (C=O) groups is 2. The lowest BCUT2D eigenvalue weighted by Crippen LogP contribution is -2.40. The molecule has 43 heavy (non-hydrogen) atoms. The summed E-state index contributed by atoms with van der Waals surface area (Å²) in [5.41, 5.74) is 6.04. The average Bonchev–Trinajstić information content (AvgIpc) is 3.51. The monoisotopic (exact) mass is 574 g/mol. The van der Waals surface area contributed by atoms with Gasteiger partial charge in [0.1, 0.15) is 0 Å². The van der Waals surface area contributed by atoms with Gasteiger partial charge < -0.3 is 24.7 Å². The Labute approximate surface area is 250 Å². The van der Waals surface area contributed by atoms with Crippen LogP contribution in [0, 0.1) is 0 Å². The quantitative estimate of drug-likeness (QED) is 0.252. The predicted molar refractivity (Wildman–Crippen MR) is 168 cm³/mol. The Bertz CT molecular complexity index is 1770. The van der Waals surface area contributed by atoms with Crippen molar-refractivity contribution < 1.29 is 14.3 Å². The van der Waals surface area contributed by atoms with Gasteiger partial charge in [-0.1, -0.05) is 45.0 Å². The third kappa shape index (κ3) is 6.27. The molecule has 0 radical (unpaired) electrons. The van der Waals surface area contributed by atoms with Crippen molar-refractivity contribution in [1.29, 1.82) is 0 Å². The number of morpholine rings is 1. The SMILES string of the molecule is CC(C)(C)c1ccc(NC(=O)c2cccc(-c3cn4ccnc4c(Nc4ccc(C(=O)N5CCOCC5)cc4)n3)c2)cc1. The number of imidazole rings is 1. The topological polar surface area (TPSA) is 101 Å². The highest BCUT2D eigenvalue weighted by Gasteiger charge is 2.19. The Morgan fingerprint density at radius 1 is 0.884 bits per heavy atom. The lowest BCUT2D eigenvalue weighted by atomic mass is 9.87. The van der Waals surface area contributed by atoms with Crippen molar-refractivity contribution in [2.45, 2.75) is 26.2 Å². The molecule has 9 heteroatoms. The van der Waals surface area contributed by atoms with Gasteiger partial charge in [0.05, 0.1) is 18.9 Å². The van der Waals surface area contributed by atoms with Crippen LogP contribution in [0.25, 0.3) is 16.9 Å². The van der Waals surface area contributed by atoms with Gasteiger partial charge >= 0.3 is 0 Å². The lowest BCUT2D eigenvalue weighted by Gasteiger charge is -2.26. The van der Waals surface area contributed by atoms with Crippen LogP contribution in [0.4, 0.5) is 17.2 Å². The van der Waals surface area contributed by atoms with Crippen molar-refractivity contribution in [3.63, 3.8) is 0 Å². The van der Waals surface area contributed by atoms with E-state index in [1.807, 2.05) is 88.4 Å². The summed E-state index contributed by atoms with van der Waals surface area (Å²) in [4.78, 5) is 37.1. The largest absolute Gasteiger partial charge is 0.378 e. The summed E-state index contributed by atoms with van der Waals surface area (Å²) in [5.74, 6) is 0.360. The first-order valence-electron chi connectivity index (χ1n) is 14.3. The molecule has 1 aliphatic heterocycles. The van der Waals surface area contributed by atoms with Crippen molar-refractivity contribution in [3.05, 3.63) is 108 Å². The number of carbonyl (C=O) groups excluding carboxylic acids is 2. The summed E-state index contributed by atoms with van der Waals surface area (Å²) in [5, 5.41) is 6.35. The second-order valence-corrected chi connectivity index (χ2v) is 11.6. The number of amides is 2. The normalized spacial score (nSPS) is 13.6. The van der Waals surface area contributed by atoms with Gasteiger partial charge in [0, 0.05) is 59.7 Å². The maximum Gasteiger partial charge on any atom is 0.255 e. The van der Waals surface area contributed by atoms with Crippen molar-refractivity contribution in [3.8, 4) is 11.3 Å². The first-order valence-corrected chi connectivity index (χ1v) is 14.3. The Balaban J connectivity index is 1.21. The number of hydrogen-bond acceptors (Lipinski definition) is 6. The predicted octanol–water partition coefficient (Wildman–Crippen LogP) is 6.16.